The van der Waals surface area contributed by atoms with E-state index in [9.17, 15) is 0 Å². The van der Waals surface area contributed by atoms with Gasteiger partial charge in [0.25, 0.3) is 0 Å². The molecule has 0 aromatic carbocycles. The van der Waals surface area contributed by atoms with Crippen LogP contribution in [0.4, 0.5) is 0 Å². The number of hydrogen-bond acceptors (Lipinski definition) is 4. The van der Waals surface area contributed by atoms with Crippen molar-refractivity contribution in [2.24, 2.45) is 0 Å². The van der Waals surface area contributed by atoms with Crippen molar-refractivity contribution in [1.29, 1.82) is 0 Å². The first-order valence-electron chi connectivity index (χ1n) is 8.99. The summed E-state index contributed by atoms with van der Waals surface area (Å²) in [7, 11) is 5.01. The average Bonchev–Trinajstić information content (AvgIpc) is 2.57. The zero-order valence-corrected chi connectivity index (χ0v) is 15.1. The van der Waals surface area contributed by atoms with Crippen molar-refractivity contribution in [3.05, 3.63) is 0 Å². The molecule has 1 fully saturated rings. The largest absolute Gasteiger partial charge is 0.370 e. The highest BCUT2D eigenvalue weighted by Crippen LogP contribution is 2.42. The fourth-order valence-electron chi connectivity index (χ4n) is 3.57. The molecule has 0 amide bonds. The van der Waals surface area contributed by atoms with Gasteiger partial charge in [0.05, 0.1) is 6.61 Å². The van der Waals surface area contributed by atoms with Crippen LogP contribution in [0.15, 0.2) is 0 Å². The highest BCUT2D eigenvalue weighted by Gasteiger charge is 2.56. The van der Waals surface area contributed by atoms with Gasteiger partial charge in [-0.2, -0.15) is 0 Å². The number of hydrogen-bond donors (Lipinski definition) is 0. The van der Waals surface area contributed by atoms with E-state index < -0.39 is 11.6 Å². The maximum Gasteiger partial charge on any atom is 0.313 e. The van der Waals surface area contributed by atoms with Gasteiger partial charge in [-0.25, -0.2) is 0 Å². The normalized spacial score (nSPS) is 24.5. The fourth-order valence-corrected chi connectivity index (χ4v) is 3.57. The summed E-state index contributed by atoms with van der Waals surface area (Å²) in [6.07, 6.45) is 13.3. The Morgan fingerprint density at radius 2 is 1.41 bits per heavy atom. The molecule has 0 saturated carbocycles. The number of unbranched alkanes of at least 4 members (excludes halogenated alkanes) is 7. The monoisotopic (exact) mass is 316 g/mol. The summed E-state index contributed by atoms with van der Waals surface area (Å²) in [6, 6.07) is 0. The van der Waals surface area contributed by atoms with Gasteiger partial charge in [0, 0.05) is 21.3 Å². The Hall–Kier alpha value is -0.160. The Morgan fingerprint density at radius 1 is 0.818 bits per heavy atom. The predicted octanol–water partition coefficient (Wildman–Crippen LogP) is 4.66. The molecule has 0 spiro atoms. The molecule has 0 aliphatic carbocycles. The Morgan fingerprint density at radius 3 is 1.95 bits per heavy atom. The third-order valence-corrected chi connectivity index (χ3v) is 4.94. The quantitative estimate of drug-likeness (QED) is 0.387. The first kappa shape index (κ1) is 19.9. The summed E-state index contributed by atoms with van der Waals surface area (Å²) in [5, 5.41) is 0. The molecule has 132 valence electrons. The smallest absolute Gasteiger partial charge is 0.313 e. The van der Waals surface area contributed by atoms with Gasteiger partial charge in [-0.3, -0.25) is 0 Å². The third kappa shape index (κ3) is 4.92. The van der Waals surface area contributed by atoms with Crippen LogP contribution in [0.1, 0.15) is 77.6 Å². The molecular weight excluding hydrogens is 280 g/mol. The molecule has 22 heavy (non-hydrogen) atoms. The average molecular weight is 316 g/mol. The molecule has 1 heterocycles. The molecular formula is C18H36O4. The van der Waals surface area contributed by atoms with Crippen molar-refractivity contribution in [2.45, 2.75) is 89.1 Å². The van der Waals surface area contributed by atoms with Gasteiger partial charge in [0.15, 0.2) is 0 Å². The van der Waals surface area contributed by atoms with Crippen molar-refractivity contribution in [3.8, 4) is 0 Å². The van der Waals surface area contributed by atoms with Crippen LogP contribution in [0.3, 0.4) is 0 Å². The van der Waals surface area contributed by atoms with E-state index in [0.717, 1.165) is 25.7 Å². The van der Waals surface area contributed by atoms with Crippen molar-refractivity contribution in [3.63, 3.8) is 0 Å². The van der Waals surface area contributed by atoms with E-state index in [1.54, 1.807) is 21.3 Å². The van der Waals surface area contributed by atoms with E-state index in [1.807, 2.05) is 0 Å². The Kier molecular flexibility index (Phi) is 9.57. The fraction of sp³-hybridized carbons (Fsp3) is 1.00. The van der Waals surface area contributed by atoms with Crippen LogP contribution < -0.4 is 0 Å². The van der Waals surface area contributed by atoms with Gasteiger partial charge in [0.1, 0.15) is 5.60 Å². The molecule has 1 saturated heterocycles. The van der Waals surface area contributed by atoms with E-state index >= 15 is 0 Å². The Bertz CT molecular complexity index is 278. The van der Waals surface area contributed by atoms with Gasteiger partial charge < -0.3 is 18.9 Å². The molecule has 1 aliphatic rings. The molecule has 0 aromatic heterocycles. The van der Waals surface area contributed by atoms with Crippen LogP contribution in [-0.2, 0) is 18.9 Å². The van der Waals surface area contributed by atoms with E-state index in [0.29, 0.717) is 6.61 Å². The number of rotatable bonds is 12. The first-order chi connectivity index (χ1) is 10.7. The molecule has 0 radical (unpaired) electrons. The lowest BCUT2D eigenvalue weighted by atomic mass is 9.86. The Labute approximate surface area is 136 Å². The second-order valence-corrected chi connectivity index (χ2v) is 6.34. The van der Waals surface area contributed by atoms with E-state index in [1.165, 1.54) is 44.9 Å². The van der Waals surface area contributed by atoms with Crippen molar-refractivity contribution >= 4 is 0 Å². The highest BCUT2D eigenvalue weighted by molar-refractivity contribution is 4.93. The minimum atomic E-state index is -1.05. The lowest BCUT2D eigenvalue weighted by Crippen LogP contribution is -2.62. The maximum atomic E-state index is 5.86. The molecule has 0 aromatic rings. The van der Waals surface area contributed by atoms with E-state index in [4.69, 9.17) is 18.9 Å². The summed E-state index contributed by atoms with van der Waals surface area (Å²) < 4.78 is 22.9. The Balaban J connectivity index is 2.38. The summed E-state index contributed by atoms with van der Waals surface area (Å²) in [5.74, 6) is -1.05. The molecule has 1 atom stereocenters. The van der Waals surface area contributed by atoms with Gasteiger partial charge in [-0.1, -0.05) is 58.3 Å². The first-order valence-corrected chi connectivity index (χ1v) is 8.99. The zero-order chi connectivity index (χ0) is 16.3. The molecule has 1 rings (SSSR count). The lowest BCUT2D eigenvalue weighted by molar-refractivity contribution is -0.445. The topological polar surface area (TPSA) is 36.9 Å². The van der Waals surface area contributed by atoms with Crippen LogP contribution in [0, 0.1) is 0 Å². The second kappa shape index (κ2) is 10.6. The van der Waals surface area contributed by atoms with Crippen LogP contribution in [0.5, 0.6) is 0 Å². The van der Waals surface area contributed by atoms with Crippen molar-refractivity contribution < 1.29 is 18.9 Å². The second-order valence-electron chi connectivity index (χ2n) is 6.34. The molecule has 1 unspecified atom stereocenters. The number of methoxy groups -OCH3 is 3. The van der Waals surface area contributed by atoms with Gasteiger partial charge in [-0.15, -0.1) is 0 Å². The van der Waals surface area contributed by atoms with Crippen molar-refractivity contribution in [1.82, 2.24) is 0 Å². The lowest BCUT2D eigenvalue weighted by Gasteiger charge is -2.49. The van der Waals surface area contributed by atoms with Gasteiger partial charge >= 0.3 is 5.97 Å². The van der Waals surface area contributed by atoms with E-state index in [-0.39, 0.29) is 0 Å². The van der Waals surface area contributed by atoms with Gasteiger partial charge in [0.2, 0.25) is 0 Å². The predicted molar refractivity (Wildman–Crippen MR) is 88.9 cm³/mol. The summed E-state index contributed by atoms with van der Waals surface area (Å²) in [6.45, 7) is 2.92. The molecule has 0 N–H and O–H groups in total. The summed E-state index contributed by atoms with van der Waals surface area (Å²) in [4.78, 5) is 0. The molecule has 4 nitrogen and oxygen atoms in total. The summed E-state index contributed by atoms with van der Waals surface area (Å²) in [5.41, 5.74) is -0.489. The minimum Gasteiger partial charge on any atom is -0.370 e. The SMILES string of the molecule is CCCCCCCCCCC1(OC)CCCOC1(OC)OC. The highest BCUT2D eigenvalue weighted by atomic mass is 16.9. The van der Waals surface area contributed by atoms with Crippen LogP contribution in [0.25, 0.3) is 0 Å². The van der Waals surface area contributed by atoms with Crippen molar-refractivity contribution in [2.75, 3.05) is 27.9 Å². The molecule has 4 heteroatoms. The standard InChI is InChI=1S/C18H36O4/c1-5-6-7-8-9-10-11-12-14-17(19-2)15-13-16-22-18(17,20-3)21-4/h5-16H2,1-4H3. The van der Waals surface area contributed by atoms with Gasteiger partial charge in [-0.05, 0) is 19.3 Å². The van der Waals surface area contributed by atoms with Crippen LogP contribution in [0.2, 0.25) is 0 Å². The number of ether oxygens (including phenoxy) is 4. The van der Waals surface area contributed by atoms with Crippen LogP contribution >= 0.6 is 0 Å². The summed E-state index contributed by atoms with van der Waals surface area (Å²) >= 11 is 0. The minimum absolute atomic E-state index is 0.489. The third-order valence-electron chi connectivity index (χ3n) is 4.94. The molecule has 1 aliphatic heterocycles. The maximum absolute atomic E-state index is 5.86. The molecule has 0 bridgehead atoms. The van der Waals surface area contributed by atoms with E-state index in [2.05, 4.69) is 6.92 Å². The van der Waals surface area contributed by atoms with Crippen LogP contribution in [-0.4, -0.2) is 39.5 Å². The zero-order valence-electron chi connectivity index (χ0n) is 15.1.